The summed E-state index contributed by atoms with van der Waals surface area (Å²) in [6, 6.07) is 4.68. The highest BCUT2D eigenvalue weighted by molar-refractivity contribution is 6.30. The van der Waals surface area contributed by atoms with Crippen LogP contribution >= 0.6 is 11.6 Å². The molecule has 1 amide bonds. The number of nitrogens with two attached hydrogens (primary N) is 1. The van der Waals surface area contributed by atoms with Gasteiger partial charge >= 0.3 is 0 Å². The molecule has 1 atom stereocenters. The number of hydrogen-bond acceptors (Lipinski definition) is 1. The Bertz CT molecular complexity index is 354. The van der Waals surface area contributed by atoms with E-state index in [0.29, 0.717) is 5.56 Å². The molecule has 1 unspecified atom stereocenters. The van der Waals surface area contributed by atoms with Crippen molar-refractivity contribution in [3.05, 3.63) is 35.1 Å². The monoisotopic (exact) mass is 215 g/mol. The number of carbonyl (C=O) groups excluding carboxylic acids is 1. The van der Waals surface area contributed by atoms with Crippen molar-refractivity contribution in [3.63, 3.8) is 0 Å². The van der Waals surface area contributed by atoms with Crippen molar-refractivity contribution in [3.8, 4) is 0 Å². The van der Waals surface area contributed by atoms with Crippen molar-refractivity contribution < 1.29 is 9.18 Å². The number of benzene rings is 1. The second kappa shape index (κ2) is 4.42. The largest absolute Gasteiger partial charge is 0.368 e. The Morgan fingerprint density at radius 3 is 2.86 bits per heavy atom. The lowest BCUT2D eigenvalue weighted by molar-refractivity contribution is -0.117. The topological polar surface area (TPSA) is 43.1 Å². The lowest BCUT2D eigenvalue weighted by atomic mass is 10.1. The van der Waals surface area contributed by atoms with Crippen LogP contribution in [0.15, 0.2) is 18.2 Å². The van der Waals surface area contributed by atoms with Gasteiger partial charge in [-0.1, -0.05) is 17.7 Å². The molecule has 1 rings (SSSR count). The molecule has 1 aromatic carbocycles. The second-order valence-electron chi connectivity index (χ2n) is 3.17. The Hall–Kier alpha value is -1.09. The van der Waals surface area contributed by atoms with Gasteiger partial charge in [0.05, 0.1) is 0 Å². The van der Waals surface area contributed by atoms with Crippen molar-refractivity contribution in [1.29, 1.82) is 0 Å². The highest BCUT2D eigenvalue weighted by Gasteiger charge is 2.14. The molecule has 0 fully saturated rings. The van der Waals surface area contributed by atoms with Crippen LogP contribution in [-0.2, 0) is 11.2 Å². The van der Waals surface area contributed by atoms with Gasteiger partial charge in [-0.3, -0.25) is 4.79 Å². The molecule has 0 saturated carbocycles. The van der Waals surface area contributed by atoms with Gasteiger partial charge in [0, 0.05) is 6.42 Å². The number of aryl methyl sites for hydroxylation is 1. The van der Waals surface area contributed by atoms with Crippen molar-refractivity contribution in [2.24, 2.45) is 5.73 Å². The minimum absolute atomic E-state index is 0.129. The Kier molecular flexibility index (Phi) is 3.47. The van der Waals surface area contributed by atoms with Crippen LogP contribution in [0.2, 0.25) is 0 Å². The summed E-state index contributed by atoms with van der Waals surface area (Å²) in [7, 11) is 0. The zero-order chi connectivity index (χ0) is 10.7. The fourth-order valence-electron chi connectivity index (χ4n) is 1.15. The van der Waals surface area contributed by atoms with Crippen molar-refractivity contribution in [2.75, 3.05) is 0 Å². The summed E-state index contributed by atoms with van der Waals surface area (Å²) < 4.78 is 13.2. The first kappa shape index (κ1) is 11.0. The first-order valence-electron chi connectivity index (χ1n) is 4.19. The molecule has 76 valence electrons. The molecule has 0 radical (unpaired) electrons. The molecular weight excluding hydrogens is 205 g/mol. The van der Waals surface area contributed by atoms with E-state index in [9.17, 15) is 9.18 Å². The molecule has 0 aliphatic heterocycles. The smallest absolute Gasteiger partial charge is 0.235 e. The van der Waals surface area contributed by atoms with Crippen LogP contribution in [0, 0.1) is 12.7 Å². The van der Waals surface area contributed by atoms with Gasteiger partial charge < -0.3 is 5.73 Å². The lowest BCUT2D eigenvalue weighted by Gasteiger charge is -2.07. The maximum atomic E-state index is 13.2. The zero-order valence-electron chi connectivity index (χ0n) is 7.76. The number of primary amides is 1. The van der Waals surface area contributed by atoms with Gasteiger partial charge in [-0.15, -0.1) is 11.6 Å². The molecular formula is C10H11ClFNO. The van der Waals surface area contributed by atoms with Gasteiger partial charge in [-0.05, 0) is 18.6 Å². The number of amides is 1. The van der Waals surface area contributed by atoms with Crippen LogP contribution in [0.1, 0.15) is 11.1 Å². The van der Waals surface area contributed by atoms with E-state index in [2.05, 4.69) is 0 Å². The Morgan fingerprint density at radius 1 is 1.64 bits per heavy atom. The summed E-state index contributed by atoms with van der Waals surface area (Å²) in [4.78, 5) is 10.7. The predicted octanol–water partition coefficient (Wildman–Crippen LogP) is 1.77. The molecule has 0 bridgehead atoms. The quantitative estimate of drug-likeness (QED) is 0.768. The molecule has 2 nitrogen and oxygen atoms in total. The van der Waals surface area contributed by atoms with Crippen molar-refractivity contribution in [2.45, 2.75) is 18.7 Å². The Balaban J connectivity index is 2.85. The third-order valence-corrected chi connectivity index (χ3v) is 2.28. The van der Waals surface area contributed by atoms with Crippen LogP contribution in [-0.4, -0.2) is 11.3 Å². The minimum Gasteiger partial charge on any atom is -0.368 e. The molecule has 0 heterocycles. The standard InChI is InChI=1S/C10H11ClFNO/c1-6-2-3-9(12)7(4-6)5-8(11)10(13)14/h2-4,8H,5H2,1H3,(H2,13,14). The predicted molar refractivity (Wildman–Crippen MR) is 53.7 cm³/mol. The molecule has 0 aliphatic rings. The average molecular weight is 216 g/mol. The number of carbonyl (C=O) groups is 1. The zero-order valence-corrected chi connectivity index (χ0v) is 8.51. The van der Waals surface area contributed by atoms with E-state index in [1.165, 1.54) is 6.07 Å². The summed E-state index contributed by atoms with van der Waals surface area (Å²) in [6.07, 6.45) is 0.129. The summed E-state index contributed by atoms with van der Waals surface area (Å²) in [5, 5.41) is -0.855. The van der Waals surface area contributed by atoms with E-state index in [1.54, 1.807) is 12.1 Å². The van der Waals surface area contributed by atoms with Gasteiger partial charge in [0.2, 0.25) is 5.91 Å². The Morgan fingerprint density at radius 2 is 2.29 bits per heavy atom. The van der Waals surface area contributed by atoms with Crippen LogP contribution < -0.4 is 5.73 Å². The van der Waals surface area contributed by atoms with Gasteiger partial charge in [0.1, 0.15) is 11.2 Å². The summed E-state index contributed by atoms with van der Waals surface area (Å²) in [5.74, 6) is -0.991. The third kappa shape index (κ3) is 2.70. The first-order chi connectivity index (χ1) is 6.50. The number of halogens is 2. The number of rotatable bonds is 3. The molecule has 0 aromatic heterocycles. The second-order valence-corrected chi connectivity index (χ2v) is 3.70. The summed E-state index contributed by atoms with van der Waals surface area (Å²) >= 11 is 5.63. The fraction of sp³-hybridized carbons (Fsp3) is 0.300. The number of hydrogen-bond donors (Lipinski definition) is 1. The lowest BCUT2D eigenvalue weighted by Crippen LogP contribution is -2.25. The Labute approximate surface area is 86.9 Å². The summed E-state index contributed by atoms with van der Waals surface area (Å²) in [6.45, 7) is 1.84. The van der Waals surface area contributed by atoms with Crippen molar-refractivity contribution in [1.82, 2.24) is 0 Å². The maximum absolute atomic E-state index is 13.2. The van der Waals surface area contributed by atoms with E-state index in [4.69, 9.17) is 17.3 Å². The normalized spacial score (nSPS) is 12.5. The highest BCUT2D eigenvalue weighted by Crippen LogP contribution is 2.14. The summed E-state index contributed by atoms with van der Waals surface area (Å²) in [5.41, 5.74) is 6.32. The van der Waals surface area contributed by atoms with Gasteiger partial charge in [-0.25, -0.2) is 4.39 Å². The van der Waals surface area contributed by atoms with Gasteiger partial charge in [-0.2, -0.15) is 0 Å². The number of alkyl halides is 1. The van der Waals surface area contributed by atoms with Crippen LogP contribution in [0.3, 0.4) is 0 Å². The molecule has 0 aliphatic carbocycles. The molecule has 4 heteroatoms. The van der Waals surface area contributed by atoms with Gasteiger partial charge in [0.25, 0.3) is 0 Å². The van der Waals surface area contributed by atoms with Crippen LogP contribution in [0.5, 0.6) is 0 Å². The van der Waals surface area contributed by atoms with Crippen molar-refractivity contribution >= 4 is 17.5 Å². The highest BCUT2D eigenvalue weighted by atomic mass is 35.5. The maximum Gasteiger partial charge on any atom is 0.235 e. The molecule has 1 aromatic rings. The van der Waals surface area contributed by atoms with E-state index in [0.717, 1.165) is 5.56 Å². The van der Waals surface area contributed by atoms with E-state index < -0.39 is 11.3 Å². The third-order valence-electron chi connectivity index (χ3n) is 1.91. The molecule has 0 saturated heterocycles. The van der Waals surface area contributed by atoms with E-state index in [-0.39, 0.29) is 12.2 Å². The van der Waals surface area contributed by atoms with E-state index >= 15 is 0 Å². The van der Waals surface area contributed by atoms with E-state index in [1.807, 2.05) is 6.92 Å². The average Bonchev–Trinajstić information content (AvgIpc) is 2.11. The molecule has 0 spiro atoms. The first-order valence-corrected chi connectivity index (χ1v) is 4.62. The molecule has 2 N–H and O–H groups in total. The van der Waals surface area contributed by atoms with Crippen LogP contribution in [0.4, 0.5) is 4.39 Å². The fourth-order valence-corrected chi connectivity index (χ4v) is 1.32. The van der Waals surface area contributed by atoms with Crippen LogP contribution in [0.25, 0.3) is 0 Å². The van der Waals surface area contributed by atoms with Gasteiger partial charge in [0.15, 0.2) is 0 Å². The molecule has 14 heavy (non-hydrogen) atoms. The minimum atomic E-state index is -0.855. The SMILES string of the molecule is Cc1ccc(F)c(CC(Cl)C(N)=O)c1.